The van der Waals surface area contributed by atoms with Crippen molar-refractivity contribution < 1.29 is 30.5 Å². The minimum absolute atomic E-state index is 0.000347. The molecule has 0 aromatic rings. The lowest BCUT2D eigenvalue weighted by Gasteiger charge is -2.24. The highest BCUT2D eigenvalue weighted by molar-refractivity contribution is 7.87. The molecule has 0 radical (unpaired) electrons. The van der Waals surface area contributed by atoms with E-state index in [1.807, 2.05) is 0 Å². The van der Waals surface area contributed by atoms with Gasteiger partial charge >= 0.3 is 15.6 Å². The number of rotatable bonds is 2. The highest BCUT2D eigenvalue weighted by Crippen LogP contribution is 2.29. The van der Waals surface area contributed by atoms with Crippen LogP contribution in [0.3, 0.4) is 0 Å². The molecule has 16 heavy (non-hydrogen) atoms. The van der Waals surface area contributed by atoms with Gasteiger partial charge in [0.2, 0.25) is 0 Å². The average Bonchev–Trinajstić information content (AvgIpc) is 1.97. The van der Waals surface area contributed by atoms with Crippen molar-refractivity contribution in [2.75, 3.05) is 0 Å². The van der Waals surface area contributed by atoms with Crippen molar-refractivity contribution in [2.45, 2.75) is 38.0 Å². The number of ether oxygens (including phenoxy) is 1. The molecule has 2 atom stereocenters. The summed E-state index contributed by atoms with van der Waals surface area (Å²) in [5.74, 6) is -0.233. The third-order valence-electron chi connectivity index (χ3n) is 1.86. The van der Waals surface area contributed by atoms with Gasteiger partial charge in [0.25, 0.3) is 0 Å². The Morgan fingerprint density at radius 1 is 1.44 bits per heavy atom. The zero-order chi connectivity index (χ0) is 12.6. The van der Waals surface area contributed by atoms with Gasteiger partial charge < -0.3 is 8.92 Å². The van der Waals surface area contributed by atoms with Crippen LogP contribution in [0, 0.1) is 0 Å². The van der Waals surface area contributed by atoms with Crippen LogP contribution in [-0.4, -0.2) is 26.1 Å². The molecule has 1 heterocycles. The van der Waals surface area contributed by atoms with Gasteiger partial charge in [0, 0.05) is 6.42 Å². The summed E-state index contributed by atoms with van der Waals surface area (Å²) in [6.07, 6.45) is 0.365. The molecular weight excluding hydrogens is 249 g/mol. The van der Waals surface area contributed by atoms with E-state index in [1.54, 1.807) is 13.8 Å². The summed E-state index contributed by atoms with van der Waals surface area (Å²) in [6.45, 7) is 3.20. The lowest BCUT2D eigenvalue weighted by molar-refractivity contribution is -0.0538. The van der Waals surface area contributed by atoms with E-state index in [9.17, 15) is 21.6 Å². The van der Waals surface area contributed by atoms with Gasteiger partial charge in [-0.25, -0.2) is 0 Å². The van der Waals surface area contributed by atoms with E-state index in [4.69, 9.17) is 4.74 Å². The largest absolute Gasteiger partial charge is 0.534 e. The summed E-state index contributed by atoms with van der Waals surface area (Å²) >= 11 is 0. The highest BCUT2D eigenvalue weighted by atomic mass is 32.2. The van der Waals surface area contributed by atoms with Crippen molar-refractivity contribution in [3.63, 3.8) is 0 Å². The fourth-order valence-electron chi connectivity index (χ4n) is 1.32. The smallest absolute Gasteiger partial charge is 0.381 e. The second-order valence-electron chi connectivity index (χ2n) is 3.47. The molecule has 8 heteroatoms. The molecule has 0 amide bonds. The molecule has 1 aliphatic heterocycles. The molecule has 0 spiro atoms. The first kappa shape index (κ1) is 13.3. The summed E-state index contributed by atoms with van der Waals surface area (Å²) in [4.78, 5) is 0. The average molecular weight is 260 g/mol. The molecule has 0 aromatic carbocycles. The molecule has 94 valence electrons. The Hall–Kier alpha value is -0.760. The van der Waals surface area contributed by atoms with Gasteiger partial charge in [-0.1, -0.05) is 0 Å². The van der Waals surface area contributed by atoms with E-state index in [-0.39, 0.29) is 18.3 Å². The molecule has 0 aliphatic carbocycles. The second kappa shape index (κ2) is 4.25. The van der Waals surface area contributed by atoms with Crippen molar-refractivity contribution in [1.82, 2.24) is 0 Å². The SMILES string of the molecule is CC1C=C(OS(=O)(=O)C(F)(F)F)CC(C)O1. The van der Waals surface area contributed by atoms with Crippen molar-refractivity contribution in [2.24, 2.45) is 0 Å². The van der Waals surface area contributed by atoms with Gasteiger partial charge in [-0.2, -0.15) is 21.6 Å². The Kier molecular flexibility index (Phi) is 3.53. The molecule has 0 N–H and O–H groups in total. The Balaban J connectivity index is 2.83. The molecule has 0 aromatic heterocycles. The first-order chi connectivity index (χ1) is 7.12. The Labute approximate surface area is 91.2 Å². The van der Waals surface area contributed by atoms with Crippen LogP contribution >= 0.6 is 0 Å². The quantitative estimate of drug-likeness (QED) is 0.562. The second-order valence-corrected chi connectivity index (χ2v) is 5.01. The van der Waals surface area contributed by atoms with Crippen LogP contribution in [-0.2, 0) is 19.0 Å². The van der Waals surface area contributed by atoms with Gasteiger partial charge in [-0.3, -0.25) is 0 Å². The van der Waals surface area contributed by atoms with Crippen molar-refractivity contribution >= 4 is 10.1 Å². The summed E-state index contributed by atoms with van der Waals surface area (Å²) in [6, 6.07) is 0. The maximum Gasteiger partial charge on any atom is 0.534 e. The van der Waals surface area contributed by atoms with Crippen LogP contribution in [0.2, 0.25) is 0 Å². The van der Waals surface area contributed by atoms with Gasteiger partial charge in [0.05, 0.1) is 12.2 Å². The van der Waals surface area contributed by atoms with Gasteiger partial charge in [-0.05, 0) is 19.9 Å². The molecule has 2 unspecified atom stereocenters. The molecule has 0 fully saturated rings. The fraction of sp³-hybridized carbons (Fsp3) is 0.750. The molecule has 1 rings (SSSR count). The van der Waals surface area contributed by atoms with Gasteiger partial charge in [-0.15, -0.1) is 0 Å². The topological polar surface area (TPSA) is 52.6 Å². The van der Waals surface area contributed by atoms with Crippen LogP contribution in [0.15, 0.2) is 11.8 Å². The number of alkyl halides is 3. The molecule has 0 saturated carbocycles. The summed E-state index contributed by atoms with van der Waals surface area (Å²) in [5.41, 5.74) is -5.40. The minimum atomic E-state index is -5.57. The summed E-state index contributed by atoms with van der Waals surface area (Å²) in [7, 11) is -5.57. The van der Waals surface area contributed by atoms with E-state index in [2.05, 4.69) is 4.18 Å². The van der Waals surface area contributed by atoms with E-state index in [0.717, 1.165) is 0 Å². The van der Waals surface area contributed by atoms with Gasteiger partial charge in [0.1, 0.15) is 5.76 Å². The predicted octanol–water partition coefficient (Wildman–Crippen LogP) is 1.93. The van der Waals surface area contributed by atoms with Crippen LogP contribution in [0.1, 0.15) is 20.3 Å². The normalized spacial score (nSPS) is 27.4. The van der Waals surface area contributed by atoms with Crippen molar-refractivity contribution in [1.29, 1.82) is 0 Å². The molecule has 4 nitrogen and oxygen atoms in total. The van der Waals surface area contributed by atoms with Gasteiger partial charge in [0.15, 0.2) is 0 Å². The molecular formula is C8H11F3O4S. The lowest BCUT2D eigenvalue weighted by atomic mass is 10.1. The Morgan fingerprint density at radius 3 is 2.44 bits per heavy atom. The van der Waals surface area contributed by atoms with Crippen LogP contribution in [0.25, 0.3) is 0 Å². The maximum absolute atomic E-state index is 12.0. The van der Waals surface area contributed by atoms with E-state index in [0.29, 0.717) is 0 Å². The predicted molar refractivity (Wildman–Crippen MR) is 48.8 cm³/mol. The van der Waals surface area contributed by atoms with Crippen LogP contribution in [0.4, 0.5) is 13.2 Å². The van der Waals surface area contributed by atoms with E-state index >= 15 is 0 Å². The zero-order valence-electron chi connectivity index (χ0n) is 8.61. The standard InChI is InChI=1S/C8H11F3O4S/c1-5-3-7(4-6(2)14-5)15-16(12,13)8(9,10)11/h3,5-6H,4H2,1-2H3. The Bertz CT molecular complexity index is 385. The summed E-state index contributed by atoms with van der Waals surface area (Å²) in [5, 5.41) is 0. The number of halogens is 3. The zero-order valence-corrected chi connectivity index (χ0v) is 9.43. The minimum Gasteiger partial charge on any atom is -0.381 e. The Morgan fingerprint density at radius 2 is 2.00 bits per heavy atom. The third-order valence-corrected chi connectivity index (χ3v) is 2.86. The first-order valence-electron chi connectivity index (χ1n) is 4.49. The van der Waals surface area contributed by atoms with Crippen molar-refractivity contribution in [3.8, 4) is 0 Å². The van der Waals surface area contributed by atoms with E-state index in [1.165, 1.54) is 6.08 Å². The lowest BCUT2D eigenvalue weighted by Crippen LogP contribution is -2.29. The maximum atomic E-state index is 12.0. The van der Waals surface area contributed by atoms with Crippen LogP contribution < -0.4 is 0 Å². The van der Waals surface area contributed by atoms with Crippen LogP contribution in [0.5, 0.6) is 0 Å². The number of hydrogen-bond donors (Lipinski definition) is 0. The third kappa shape index (κ3) is 3.11. The highest BCUT2D eigenvalue weighted by Gasteiger charge is 2.49. The van der Waals surface area contributed by atoms with Crippen molar-refractivity contribution in [3.05, 3.63) is 11.8 Å². The first-order valence-corrected chi connectivity index (χ1v) is 5.89. The molecule has 1 aliphatic rings. The summed E-state index contributed by atoms with van der Waals surface area (Å²) < 4.78 is 66.6. The fourth-order valence-corrected chi connectivity index (χ4v) is 1.82. The molecule has 0 saturated heterocycles. The van der Waals surface area contributed by atoms with E-state index < -0.39 is 21.7 Å². The molecule has 0 bridgehead atoms. The number of hydrogen-bond acceptors (Lipinski definition) is 4. The monoisotopic (exact) mass is 260 g/mol.